The molecule has 1 aromatic carbocycles. The van der Waals surface area contributed by atoms with Gasteiger partial charge in [-0.1, -0.05) is 13.3 Å². The molecular formula is C13H20N2O2. The van der Waals surface area contributed by atoms with Gasteiger partial charge in [0.2, 0.25) is 0 Å². The lowest BCUT2D eigenvalue weighted by molar-refractivity contribution is 0.0950. The van der Waals surface area contributed by atoms with Gasteiger partial charge in [-0.05, 0) is 37.1 Å². The van der Waals surface area contributed by atoms with E-state index >= 15 is 0 Å². The van der Waals surface area contributed by atoms with Crippen LogP contribution in [0, 0.1) is 6.92 Å². The monoisotopic (exact) mass is 236 g/mol. The van der Waals surface area contributed by atoms with E-state index in [9.17, 15) is 9.90 Å². The number of aromatic hydroxyl groups is 1. The maximum atomic E-state index is 11.8. The molecule has 4 nitrogen and oxygen atoms in total. The first kappa shape index (κ1) is 13.5. The second-order valence-corrected chi connectivity index (χ2v) is 4.26. The molecule has 0 bridgehead atoms. The standard InChI is InChI=1S/C13H20N2O2/c1-3-4-11(14)8-15-13(17)10-5-6-12(16)9(2)7-10/h5-7,11,16H,3-4,8,14H2,1-2H3,(H,15,17). The molecule has 0 saturated carbocycles. The van der Waals surface area contributed by atoms with Gasteiger partial charge < -0.3 is 16.2 Å². The van der Waals surface area contributed by atoms with E-state index in [4.69, 9.17) is 5.73 Å². The topological polar surface area (TPSA) is 75.3 Å². The van der Waals surface area contributed by atoms with Crippen LogP contribution in [0.3, 0.4) is 0 Å². The van der Waals surface area contributed by atoms with E-state index in [1.165, 1.54) is 6.07 Å². The van der Waals surface area contributed by atoms with E-state index in [1.54, 1.807) is 19.1 Å². The minimum Gasteiger partial charge on any atom is -0.508 e. The highest BCUT2D eigenvalue weighted by Crippen LogP contribution is 2.16. The number of phenols is 1. The maximum absolute atomic E-state index is 11.8. The Kier molecular flexibility index (Phi) is 4.97. The molecule has 0 aromatic heterocycles. The SMILES string of the molecule is CCCC(N)CNC(=O)c1ccc(O)c(C)c1. The Morgan fingerprint density at radius 2 is 2.24 bits per heavy atom. The zero-order chi connectivity index (χ0) is 12.8. The number of carbonyl (C=O) groups excluding carboxylic acids is 1. The van der Waals surface area contributed by atoms with Gasteiger partial charge in [0, 0.05) is 18.2 Å². The van der Waals surface area contributed by atoms with Crippen molar-refractivity contribution in [3.8, 4) is 5.75 Å². The van der Waals surface area contributed by atoms with Crippen LogP contribution in [-0.4, -0.2) is 23.6 Å². The van der Waals surface area contributed by atoms with Crippen molar-refractivity contribution < 1.29 is 9.90 Å². The van der Waals surface area contributed by atoms with Crippen LogP contribution < -0.4 is 11.1 Å². The molecule has 4 heteroatoms. The Balaban J connectivity index is 2.55. The lowest BCUT2D eigenvalue weighted by Crippen LogP contribution is -2.37. The zero-order valence-corrected chi connectivity index (χ0v) is 10.4. The van der Waals surface area contributed by atoms with Crippen molar-refractivity contribution >= 4 is 5.91 Å². The second kappa shape index (κ2) is 6.25. The van der Waals surface area contributed by atoms with Gasteiger partial charge in [0.15, 0.2) is 0 Å². The molecule has 0 fully saturated rings. The van der Waals surface area contributed by atoms with E-state index in [2.05, 4.69) is 12.2 Å². The third-order valence-corrected chi connectivity index (χ3v) is 2.64. The fourth-order valence-electron chi connectivity index (χ4n) is 1.60. The summed E-state index contributed by atoms with van der Waals surface area (Å²) in [5.74, 6) is 0.0453. The number of benzene rings is 1. The van der Waals surface area contributed by atoms with Crippen LogP contribution in [0.4, 0.5) is 0 Å². The number of rotatable bonds is 5. The number of amides is 1. The van der Waals surface area contributed by atoms with Gasteiger partial charge in [-0.25, -0.2) is 0 Å². The Hall–Kier alpha value is -1.55. The van der Waals surface area contributed by atoms with E-state index in [0.717, 1.165) is 12.8 Å². The van der Waals surface area contributed by atoms with Crippen LogP contribution in [-0.2, 0) is 0 Å². The van der Waals surface area contributed by atoms with E-state index in [-0.39, 0.29) is 17.7 Å². The summed E-state index contributed by atoms with van der Waals surface area (Å²) < 4.78 is 0. The quantitative estimate of drug-likeness (QED) is 0.726. The fraction of sp³-hybridized carbons (Fsp3) is 0.462. The third-order valence-electron chi connectivity index (χ3n) is 2.64. The third kappa shape index (κ3) is 4.07. The van der Waals surface area contributed by atoms with E-state index in [0.29, 0.717) is 17.7 Å². The van der Waals surface area contributed by atoms with Gasteiger partial charge >= 0.3 is 0 Å². The first-order chi connectivity index (χ1) is 8.04. The molecule has 0 spiro atoms. The van der Waals surface area contributed by atoms with Gasteiger partial charge in [-0.2, -0.15) is 0 Å². The fourth-order valence-corrected chi connectivity index (χ4v) is 1.60. The zero-order valence-electron chi connectivity index (χ0n) is 10.4. The average molecular weight is 236 g/mol. The molecule has 0 aliphatic rings. The van der Waals surface area contributed by atoms with Crippen LogP contribution in [0.15, 0.2) is 18.2 Å². The van der Waals surface area contributed by atoms with Crippen LogP contribution in [0.5, 0.6) is 5.75 Å². The largest absolute Gasteiger partial charge is 0.508 e. The molecule has 0 radical (unpaired) electrons. The summed E-state index contributed by atoms with van der Waals surface area (Å²) in [5.41, 5.74) is 7.05. The van der Waals surface area contributed by atoms with Crippen LogP contribution in [0.2, 0.25) is 0 Å². The summed E-state index contributed by atoms with van der Waals surface area (Å²) in [4.78, 5) is 11.8. The van der Waals surface area contributed by atoms with Crippen LogP contribution in [0.1, 0.15) is 35.7 Å². The highest BCUT2D eigenvalue weighted by Gasteiger charge is 2.08. The molecule has 0 saturated heterocycles. The number of phenolic OH excluding ortho intramolecular Hbond substituents is 1. The lowest BCUT2D eigenvalue weighted by Gasteiger charge is -2.12. The predicted molar refractivity (Wildman–Crippen MR) is 68.1 cm³/mol. The summed E-state index contributed by atoms with van der Waals surface area (Å²) >= 11 is 0. The van der Waals surface area contributed by atoms with Crippen molar-refractivity contribution in [2.75, 3.05) is 6.54 Å². The average Bonchev–Trinajstić information content (AvgIpc) is 2.30. The van der Waals surface area contributed by atoms with E-state index in [1.807, 2.05) is 0 Å². The van der Waals surface area contributed by atoms with Gasteiger partial charge in [0.25, 0.3) is 5.91 Å². The Bertz CT molecular complexity index is 391. The molecular weight excluding hydrogens is 216 g/mol. The number of hydrogen-bond donors (Lipinski definition) is 3. The number of carbonyl (C=O) groups is 1. The van der Waals surface area contributed by atoms with Gasteiger partial charge in [0.05, 0.1) is 0 Å². The minimum absolute atomic E-state index is 0.00200. The molecule has 17 heavy (non-hydrogen) atoms. The highest BCUT2D eigenvalue weighted by atomic mass is 16.3. The summed E-state index contributed by atoms with van der Waals surface area (Å²) in [6.45, 7) is 4.30. The Morgan fingerprint density at radius 3 is 2.82 bits per heavy atom. The molecule has 1 unspecified atom stereocenters. The van der Waals surface area contributed by atoms with E-state index < -0.39 is 0 Å². The normalized spacial score (nSPS) is 12.2. The van der Waals surface area contributed by atoms with Crippen molar-refractivity contribution in [2.45, 2.75) is 32.7 Å². The summed E-state index contributed by atoms with van der Waals surface area (Å²) in [5, 5.41) is 12.1. The molecule has 0 heterocycles. The van der Waals surface area contributed by atoms with Crippen LogP contribution >= 0.6 is 0 Å². The molecule has 0 aliphatic carbocycles. The lowest BCUT2D eigenvalue weighted by atomic mass is 10.1. The van der Waals surface area contributed by atoms with Crippen molar-refractivity contribution in [2.24, 2.45) is 5.73 Å². The first-order valence-corrected chi connectivity index (χ1v) is 5.88. The number of hydrogen-bond acceptors (Lipinski definition) is 3. The molecule has 1 aromatic rings. The number of nitrogens with two attached hydrogens (primary N) is 1. The number of nitrogens with one attached hydrogen (secondary N) is 1. The summed E-state index contributed by atoms with van der Waals surface area (Å²) in [7, 11) is 0. The molecule has 0 aliphatic heterocycles. The maximum Gasteiger partial charge on any atom is 0.251 e. The van der Waals surface area contributed by atoms with Crippen molar-refractivity contribution in [3.05, 3.63) is 29.3 Å². The Labute approximate surface area is 102 Å². The molecule has 4 N–H and O–H groups in total. The molecule has 1 atom stereocenters. The second-order valence-electron chi connectivity index (χ2n) is 4.26. The smallest absolute Gasteiger partial charge is 0.251 e. The molecule has 1 amide bonds. The summed E-state index contributed by atoms with van der Waals surface area (Å²) in [6.07, 6.45) is 1.91. The van der Waals surface area contributed by atoms with Gasteiger partial charge in [-0.3, -0.25) is 4.79 Å². The Morgan fingerprint density at radius 1 is 1.53 bits per heavy atom. The highest BCUT2D eigenvalue weighted by molar-refractivity contribution is 5.94. The van der Waals surface area contributed by atoms with Crippen molar-refractivity contribution in [3.63, 3.8) is 0 Å². The van der Waals surface area contributed by atoms with Gasteiger partial charge in [-0.15, -0.1) is 0 Å². The number of aryl methyl sites for hydroxylation is 1. The first-order valence-electron chi connectivity index (χ1n) is 5.88. The van der Waals surface area contributed by atoms with Gasteiger partial charge in [0.1, 0.15) is 5.75 Å². The van der Waals surface area contributed by atoms with Crippen molar-refractivity contribution in [1.29, 1.82) is 0 Å². The predicted octanol–water partition coefficient (Wildman–Crippen LogP) is 1.56. The van der Waals surface area contributed by atoms with Crippen LogP contribution in [0.25, 0.3) is 0 Å². The molecule has 94 valence electrons. The summed E-state index contributed by atoms with van der Waals surface area (Å²) in [6, 6.07) is 4.79. The molecule has 1 rings (SSSR count). The minimum atomic E-state index is -0.153. The van der Waals surface area contributed by atoms with Crippen molar-refractivity contribution in [1.82, 2.24) is 5.32 Å².